The van der Waals surface area contributed by atoms with Crippen LogP contribution in [0.3, 0.4) is 0 Å². The van der Waals surface area contributed by atoms with E-state index >= 15 is 0 Å². The lowest BCUT2D eigenvalue weighted by atomic mass is 9.97. The fraction of sp³-hybridized carbons (Fsp3) is 0.522. The minimum atomic E-state index is -0.558. The zero-order valence-electron chi connectivity index (χ0n) is 17.5. The number of allylic oxidation sites excluding steroid dienone is 2. The molecule has 1 aromatic carbocycles. The molecule has 7 heteroatoms. The van der Waals surface area contributed by atoms with Crippen molar-refractivity contribution in [1.29, 1.82) is 0 Å². The van der Waals surface area contributed by atoms with Crippen LogP contribution in [0.5, 0.6) is 0 Å². The predicted octanol–water partition coefficient (Wildman–Crippen LogP) is 2.41. The van der Waals surface area contributed by atoms with Crippen LogP contribution in [0.15, 0.2) is 42.5 Å². The van der Waals surface area contributed by atoms with E-state index in [2.05, 4.69) is 10.6 Å². The summed E-state index contributed by atoms with van der Waals surface area (Å²) in [6.45, 7) is 1.58. The summed E-state index contributed by atoms with van der Waals surface area (Å²) in [7, 11) is 0. The Balaban J connectivity index is 2.17. The maximum Gasteiger partial charge on any atom is 0.305 e. The molecular weight excluding hydrogens is 384 g/mol. The van der Waals surface area contributed by atoms with Gasteiger partial charge < -0.3 is 20.5 Å². The first-order valence-corrected chi connectivity index (χ1v) is 10.6. The van der Waals surface area contributed by atoms with E-state index in [-0.39, 0.29) is 43.5 Å². The van der Waals surface area contributed by atoms with Gasteiger partial charge in [0.05, 0.1) is 18.6 Å². The monoisotopic (exact) mass is 416 g/mol. The summed E-state index contributed by atoms with van der Waals surface area (Å²) in [6.07, 6.45) is 7.14. The van der Waals surface area contributed by atoms with Crippen molar-refractivity contribution in [3.8, 4) is 0 Å². The second-order valence-electron chi connectivity index (χ2n) is 7.66. The number of ether oxygens (including phenoxy) is 1. The quantitative estimate of drug-likeness (QED) is 0.505. The van der Waals surface area contributed by atoms with Crippen molar-refractivity contribution in [2.45, 2.75) is 57.5 Å². The maximum atomic E-state index is 13.0. The second-order valence-corrected chi connectivity index (χ2v) is 7.66. The average molecular weight is 417 g/mol. The molecule has 1 aliphatic heterocycles. The maximum absolute atomic E-state index is 13.0. The van der Waals surface area contributed by atoms with Crippen molar-refractivity contribution in [1.82, 2.24) is 10.6 Å². The molecule has 7 nitrogen and oxygen atoms in total. The van der Waals surface area contributed by atoms with Gasteiger partial charge >= 0.3 is 5.97 Å². The normalized spacial score (nSPS) is 22.3. The van der Waals surface area contributed by atoms with E-state index in [1.54, 1.807) is 6.92 Å². The smallest absolute Gasteiger partial charge is 0.305 e. The van der Waals surface area contributed by atoms with Crippen molar-refractivity contribution in [2.75, 3.05) is 13.2 Å². The van der Waals surface area contributed by atoms with Gasteiger partial charge in [-0.15, -0.1) is 0 Å². The Hall–Kier alpha value is -2.67. The first kappa shape index (κ1) is 23.6. The molecule has 0 saturated carbocycles. The molecule has 0 aliphatic carbocycles. The highest BCUT2D eigenvalue weighted by atomic mass is 16.5. The Morgan fingerprint density at radius 3 is 2.73 bits per heavy atom. The van der Waals surface area contributed by atoms with Crippen LogP contribution >= 0.6 is 0 Å². The molecule has 2 rings (SSSR count). The van der Waals surface area contributed by atoms with Crippen molar-refractivity contribution in [3.05, 3.63) is 48.0 Å². The second kappa shape index (κ2) is 12.8. The number of esters is 1. The summed E-state index contributed by atoms with van der Waals surface area (Å²) in [6, 6.07) is 8.47. The van der Waals surface area contributed by atoms with Crippen molar-refractivity contribution >= 4 is 17.8 Å². The van der Waals surface area contributed by atoms with Gasteiger partial charge in [-0.1, -0.05) is 42.5 Å². The molecule has 164 valence electrons. The number of aliphatic hydroxyl groups is 1. The number of amides is 2. The van der Waals surface area contributed by atoms with E-state index in [0.29, 0.717) is 12.8 Å². The van der Waals surface area contributed by atoms with Gasteiger partial charge in [-0.05, 0) is 38.2 Å². The Bertz CT molecular complexity index is 720. The molecule has 0 fully saturated rings. The van der Waals surface area contributed by atoms with Crippen molar-refractivity contribution in [2.24, 2.45) is 5.92 Å². The Labute approximate surface area is 177 Å². The number of cyclic esters (lactones) is 1. The Kier molecular flexibility index (Phi) is 10.1. The van der Waals surface area contributed by atoms with Gasteiger partial charge in [0, 0.05) is 18.9 Å². The van der Waals surface area contributed by atoms with Crippen LogP contribution in [0.4, 0.5) is 0 Å². The third-order valence-electron chi connectivity index (χ3n) is 5.00. The molecule has 0 spiro atoms. The first-order chi connectivity index (χ1) is 14.5. The lowest BCUT2D eigenvalue weighted by Crippen LogP contribution is -2.40. The van der Waals surface area contributed by atoms with Gasteiger partial charge in [-0.25, -0.2) is 0 Å². The van der Waals surface area contributed by atoms with Crippen LogP contribution < -0.4 is 10.6 Å². The van der Waals surface area contributed by atoms with E-state index in [0.717, 1.165) is 24.8 Å². The standard InChI is InChI=1S/C23H32N2O5/c1-17(15-26)24-21(27)14-19-12-6-3-2-4-9-13-22(28)30-16-20(25-23(19)29)18-10-7-5-8-11-18/h3,5-8,10-11,17,19-20,26H,2,4,9,12-16H2,1H3,(H,24,27)(H,25,29)/t17-,19-,20-/m1/s1. The van der Waals surface area contributed by atoms with E-state index in [4.69, 9.17) is 9.84 Å². The van der Waals surface area contributed by atoms with Crippen LogP contribution in [-0.4, -0.2) is 42.1 Å². The van der Waals surface area contributed by atoms with Gasteiger partial charge in [-0.3, -0.25) is 14.4 Å². The minimum Gasteiger partial charge on any atom is -0.463 e. The highest BCUT2D eigenvalue weighted by Crippen LogP contribution is 2.18. The van der Waals surface area contributed by atoms with Crippen LogP contribution in [0.2, 0.25) is 0 Å². The summed E-state index contributed by atoms with van der Waals surface area (Å²) >= 11 is 0. The molecule has 2 amide bonds. The van der Waals surface area contributed by atoms with Crippen LogP contribution in [0.1, 0.15) is 57.1 Å². The molecule has 1 heterocycles. The van der Waals surface area contributed by atoms with Gasteiger partial charge in [0.15, 0.2) is 0 Å². The number of carbonyl (C=O) groups excluding carboxylic acids is 3. The van der Waals surface area contributed by atoms with Gasteiger partial charge in [-0.2, -0.15) is 0 Å². The lowest BCUT2D eigenvalue weighted by Gasteiger charge is -2.23. The van der Waals surface area contributed by atoms with E-state index in [1.165, 1.54) is 0 Å². The molecule has 0 unspecified atom stereocenters. The van der Waals surface area contributed by atoms with Gasteiger partial charge in [0.1, 0.15) is 6.61 Å². The Morgan fingerprint density at radius 1 is 1.23 bits per heavy atom. The highest BCUT2D eigenvalue weighted by Gasteiger charge is 2.25. The van der Waals surface area contributed by atoms with Crippen molar-refractivity contribution < 1.29 is 24.2 Å². The SMILES string of the molecule is C[C@H](CO)NC(=O)C[C@H]1CC=CCCCCC(=O)OC[C@H](c2ccccc2)NC1=O. The third kappa shape index (κ3) is 8.37. The van der Waals surface area contributed by atoms with E-state index in [1.807, 2.05) is 42.5 Å². The number of rotatable bonds is 5. The fourth-order valence-corrected chi connectivity index (χ4v) is 3.24. The molecule has 1 aromatic rings. The zero-order valence-corrected chi connectivity index (χ0v) is 17.5. The molecule has 3 N–H and O–H groups in total. The Morgan fingerprint density at radius 2 is 2.00 bits per heavy atom. The predicted molar refractivity (Wildman–Crippen MR) is 113 cm³/mol. The number of nitrogens with one attached hydrogen (secondary N) is 2. The molecular formula is C23H32N2O5. The minimum absolute atomic E-state index is 0.0157. The van der Waals surface area contributed by atoms with Crippen LogP contribution in [0, 0.1) is 5.92 Å². The zero-order chi connectivity index (χ0) is 21.8. The molecule has 0 aromatic heterocycles. The van der Waals surface area contributed by atoms with Crippen LogP contribution in [-0.2, 0) is 19.1 Å². The molecule has 1 aliphatic rings. The number of aliphatic hydroxyl groups excluding tert-OH is 1. The lowest BCUT2D eigenvalue weighted by molar-refractivity contribution is -0.145. The largest absolute Gasteiger partial charge is 0.463 e. The highest BCUT2D eigenvalue weighted by molar-refractivity contribution is 5.86. The number of carbonyl (C=O) groups is 3. The van der Waals surface area contributed by atoms with Crippen molar-refractivity contribution in [3.63, 3.8) is 0 Å². The molecule has 30 heavy (non-hydrogen) atoms. The molecule has 3 atom stereocenters. The number of hydrogen-bond acceptors (Lipinski definition) is 5. The number of hydrogen-bond donors (Lipinski definition) is 3. The molecule has 0 radical (unpaired) electrons. The van der Waals surface area contributed by atoms with Gasteiger partial charge in [0.25, 0.3) is 0 Å². The molecule has 0 bridgehead atoms. The number of benzene rings is 1. The summed E-state index contributed by atoms with van der Waals surface area (Å²) in [5.74, 6) is -1.39. The summed E-state index contributed by atoms with van der Waals surface area (Å²) < 4.78 is 5.41. The third-order valence-corrected chi connectivity index (χ3v) is 5.00. The van der Waals surface area contributed by atoms with Gasteiger partial charge in [0.2, 0.25) is 11.8 Å². The summed E-state index contributed by atoms with van der Waals surface area (Å²) in [5, 5.41) is 14.8. The fourth-order valence-electron chi connectivity index (χ4n) is 3.24. The van der Waals surface area contributed by atoms with E-state index < -0.39 is 12.0 Å². The topological polar surface area (TPSA) is 105 Å². The summed E-state index contributed by atoms with van der Waals surface area (Å²) in [5.41, 5.74) is 0.832. The van der Waals surface area contributed by atoms with Crippen LogP contribution in [0.25, 0.3) is 0 Å². The summed E-state index contributed by atoms with van der Waals surface area (Å²) in [4.78, 5) is 37.4. The van der Waals surface area contributed by atoms with E-state index in [9.17, 15) is 14.4 Å². The first-order valence-electron chi connectivity index (χ1n) is 10.6. The molecule has 0 saturated heterocycles. The average Bonchev–Trinajstić information content (AvgIpc) is 2.74.